The summed E-state index contributed by atoms with van der Waals surface area (Å²) in [7, 11) is -2.31. The first-order valence-electron chi connectivity index (χ1n) is 12.1. The number of carbonyl (C=O) groups is 1. The largest absolute Gasteiger partial charge is 0.496 e. The second kappa shape index (κ2) is 11.2. The van der Waals surface area contributed by atoms with Crippen molar-refractivity contribution in [1.29, 1.82) is 0 Å². The molecule has 0 bridgehead atoms. The van der Waals surface area contributed by atoms with Gasteiger partial charge in [-0.15, -0.1) is 0 Å². The van der Waals surface area contributed by atoms with Crippen LogP contribution in [0, 0.1) is 20.8 Å². The van der Waals surface area contributed by atoms with E-state index in [1.807, 2.05) is 39.8 Å². The molecule has 0 aliphatic rings. The van der Waals surface area contributed by atoms with E-state index in [1.54, 1.807) is 49.6 Å². The van der Waals surface area contributed by atoms with Gasteiger partial charge in [0.1, 0.15) is 12.3 Å². The van der Waals surface area contributed by atoms with Gasteiger partial charge in [0.05, 0.1) is 23.7 Å². The molecule has 0 saturated carbocycles. The topological polar surface area (TPSA) is 75.7 Å². The Kier molecular flexibility index (Phi) is 8.46. The van der Waals surface area contributed by atoms with E-state index in [9.17, 15) is 13.2 Å². The summed E-state index contributed by atoms with van der Waals surface area (Å²) in [6.07, 6.45) is 0. The van der Waals surface area contributed by atoms with E-state index in [1.165, 1.54) is 4.31 Å². The summed E-state index contributed by atoms with van der Waals surface area (Å²) < 4.78 is 34.0. The van der Waals surface area contributed by atoms with Gasteiger partial charge in [0.25, 0.3) is 10.0 Å². The minimum Gasteiger partial charge on any atom is -0.496 e. The molecular weight excluding hydrogens is 472 g/mol. The van der Waals surface area contributed by atoms with Crippen LogP contribution in [0.3, 0.4) is 0 Å². The Hall–Kier alpha value is -3.32. The van der Waals surface area contributed by atoms with Crippen LogP contribution in [0.1, 0.15) is 60.5 Å². The van der Waals surface area contributed by atoms with Gasteiger partial charge in [-0.05, 0) is 92.3 Å². The molecule has 0 aliphatic heterocycles. The SMILES string of the molecule is COc1cc(C)c(C(C)NC(=O)CN(c2cccc(C)c2)S(=O)(=O)c2ccc(C)cc2)cc1C(C)C. The number of nitrogens with one attached hydrogen (secondary N) is 1. The molecule has 3 aromatic rings. The number of anilines is 1. The number of hydrogen-bond acceptors (Lipinski definition) is 4. The number of benzene rings is 3. The molecule has 0 heterocycles. The quantitative estimate of drug-likeness (QED) is 0.395. The molecule has 0 fully saturated rings. The van der Waals surface area contributed by atoms with Crippen LogP contribution in [0.4, 0.5) is 5.69 Å². The molecule has 1 N–H and O–H groups in total. The zero-order valence-electron chi connectivity index (χ0n) is 22.1. The van der Waals surface area contributed by atoms with E-state index in [2.05, 4.69) is 25.2 Å². The van der Waals surface area contributed by atoms with Crippen molar-refractivity contribution in [3.63, 3.8) is 0 Å². The van der Waals surface area contributed by atoms with E-state index in [4.69, 9.17) is 4.74 Å². The molecule has 1 unspecified atom stereocenters. The summed E-state index contributed by atoms with van der Waals surface area (Å²) in [5.74, 6) is 0.680. The lowest BCUT2D eigenvalue weighted by Gasteiger charge is -2.26. The van der Waals surface area contributed by atoms with Crippen LogP contribution < -0.4 is 14.4 Å². The number of rotatable bonds is 9. The van der Waals surface area contributed by atoms with Crippen molar-refractivity contribution in [2.24, 2.45) is 0 Å². The van der Waals surface area contributed by atoms with E-state index >= 15 is 0 Å². The summed E-state index contributed by atoms with van der Waals surface area (Å²) >= 11 is 0. The maximum atomic E-state index is 13.6. The van der Waals surface area contributed by atoms with Gasteiger partial charge in [0.15, 0.2) is 0 Å². The Labute approximate surface area is 215 Å². The van der Waals surface area contributed by atoms with Gasteiger partial charge in [-0.3, -0.25) is 9.10 Å². The van der Waals surface area contributed by atoms with Crippen molar-refractivity contribution in [2.45, 2.75) is 58.4 Å². The number of sulfonamides is 1. The lowest BCUT2D eigenvalue weighted by molar-refractivity contribution is -0.120. The summed E-state index contributed by atoms with van der Waals surface area (Å²) in [6, 6.07) is 17.5. The number of amides is 1. The third-order valence-corrected chi connectivity index (χ3v) is 8.06. The highest BCUT2D eigenvalue weighted by Gasteiger charge is 2.28. The Bertz CT molecular complexity index is 1330. The highest BCUT2D eigenvalue weighted by atomic mass is 32.2. The normalized spacial score (nSPS) is 12.3. The van der Waals surface area contributed by atoms with Crippen LogP contribution in [0.25, 0.3) is 0 Å². The number of hydrogen-bond donors (Lipinski definition) is 1. The smallest absolute Gasteiger partial charge is 0.264 e. The van der Waals surface area contributed by atoms with Crippen molar-refractivity contribution >= 4 is 21.6 Å². The third-order valence-electron chi connectivity index (χ3n) is 6.27. The fraction of sp³-hybridized carbons (Fsp3) is 0.345. The average molecular weight is 509 g/mol. The molecule has 0 aromatic heterocycles. The standard InChI is InChI=1S/C29H36N2O4S/c1-19(2)26-17-27(22(5)16-28(26)35-7)23(6)30-29(32)18-31(24-10-8-9-21(4)15-24)36(33,34)25-13-11-20(3)12-14-25/h8-17,19,23H,18H2,1-7H3,(H,30,32). The van der Waals surface area contributed by atoms with E-state index < -0.39 is 10.0 Å². The number of nitrogens with zero attached hydrogens (tertiary/aromatic N) is 1. The molecule has 0 aliphatic carbocycles. The summed E-state index contributed by atoms with van der Waals surface area (Å²) in [6.45, 7) is 11.5. The minimum absolute atomic E-state index is 0.142. The predicted octanol–water partition coefficient (Wildman–Crippen LogP) is 5.82. The van der Waals surface area contributed by atoms with Crippen LogP contribution >= 0.6 is 0 Å². The first-order chi connectivity index (χ1) is 16.9. The van der Waals surface area contributed by atoms with Gasteiger partial charge >= 0.3 is 0 Å². The molecule has 3 rings (SSSR count). The molecule has 3 aromatic carbocycles. The Morgan fingerprint density at radius 1 is 0.917 bits per heavy atom. The molecule has 0 spiro atoms. The van der Waals surface area contributed by atoms with Crippen LogP contribution in [-0.4, -0.2) is 28.0 Å². The number of methoxy groups -OCH3 is 1. The third kappa shape index (κ3) is 6.08. The second-order valence-electron chi connectivity index (χ2n) is 9.56. The first kappa shape index (κ1) is 27.3. The number of aryl methyl sites for hydroxylation is 3. The van der Waals surface area contributed by atoms with Crippen LogP contribution in [-0.2, 0) is 14.8 Å². The van der Waals surface area contributed by atoms with Gasteiger partial charge in [-0.2, -0.15) is 0 Å². The molecule has 0 radical (unpaired) electrons. The number of carbonyl (C=O) groups excluding carboxylic acids is 1. The van der Waals surface area contributed by atoms with Crippen LogP contribution in [0.15, 0.2) is 65.6 Å². The minimum atomic E-state index is -3.96. The second-order valence-corrected chi connectivity index (χ2v) is 11.4. The van der Waals surface area contributed by atoms with Gasteiger partial charge in [-0.1, -0.05) is 43.7 Å². The first-order valence-corrected chi connectivity index (χ1v) is 13.5. The summed E-state index contributed by atoms with van der Waals surface area (Å²) in [5, 5.41) is 3.00. The zero-order valence-corrected chi connectivity index (χ0v) is 22.9. The van der Waals surface area contributed by atoms with Crippen molar-refractivity contribution in [3.05, 3.63) is 88.5 Å². The Balaban J connectivity index is 1.92. The van der Waals surface area contributed by atoms with Gasteiger partial charge in [0, 0.05) is 0 Å². The van der Waals surface area contributed by atoms with Crippen LogP contribution in [0.2, 0.25) is 0 Å². The highest BCUT2D eigenvalue weighted by Crippen LogP contribution is 2.32. The molecule has 0 saturated heterocycles. The van der Waals surface area contributed by atoms with Crippen molar-refractivity contribution in [2.75, 3.05) is 18.0 Å². The maximum Gasteiger partial charge on any atom is 0.264 e. The van der Waals surface area contributed by atoms with E-state index in [0.717, 1.165) is 33.6 Å². The Morgan fingerprint density at radius 3 is 2.17 bits per heavy atom. The molecule has 192 valence electrons. The highest BCUT2D eigenvalue weighted by molar-refractivity contribution is 7.92. The van der Waals surface area contributed by atoms with Gasteiger partial charge in [-0.25, -0.2) is 8.42 Å². The van der Waals surface area contributed by atoms with E-state index in [0.29, 0.717) is 5.69 Å². The fourth-order valence-corrected chi connectivity index (χ4v) is 5.65. The lowest BCUT2D eigenvalue weighted by Crippen LogP contribution is -2.41. The summed E-state index contributed by atoms with van der Waals surface area (Å²) in [5.41, 5.74) is 5.32. The maximum absolute atomic E-state index is 13.6. The monoisotopic (exact) mass is 508 g/mol. The zero-order chi connectivity index (χ0) is 26.6. The van der Waals surface area contributed by atoms with Gasteiger partial charge < -0.3 is 10.1 Å². The van der Waals surface area contributed by atoms with Crippen LogP contribution in [0.5, 0.6) is 5.75 Å². The molecule has 7 heteroatoms. The lowest BCUT2D eigenvalue weighted by atomic mass is 9.93. The molecule has 6 nitrogen and oxygen atoms in total. The summed E-state index contributed by atoms with van der Waals surface area (Å²) in [4.78, 5) is 13.4. The average Bonchev–Trinajstić information content (AvgIpc) is 2.82. The molecule has 1 amide bonds. The van der Waals surface area contributed by atoms with Crippen molar-refractivity contribution in [1.82, 2.24) is 5.32 Å². The van der Waals surface area contributed by atoms with Crippen molar-refractivity contribution in [3.8, 4) is 5.75 Å². The van der Waals surface area contributed by atoms with Gasteiger partial charge in [0.2, 0.25) is 5.91 Å². The Morgan fingerprint density at radius 2 is 1.58 bits per heavy atom. The predicted molar refractivity (Wildman–Crippen MR) is 145 cm³/mol. The molecule has 1 atom stereocenters. The molecule has 36 heavy (non-hydrogen) atoms. The van der Waals surface area contributed by atoms with E-state index in [-0.39, 0.29) is 29.3 Å². The molecular formula is C29H36N2O4S. The number of ether oxygens (including phenoxy) is 1. The fourth-order valence-electron chi connectivity index (χ4n) is 4.24. The van der Waals surface area contributed by atoms with Crippen molar-refractivity contribution < 1.29 is 17.9 Å².